The van der Waals surface area contributed by atoms with Crippen molar-refractivity contribution in [2.45, 2.75) is 158 Å². The van der Waals surface area contributed by atoms with Crippen LogP contribution in [0.2, 0.25) is 0 Å². The minimum Gasteiger partial charge on any atom is -0.488 e. The molecule has 0 aliphatic carbocycles. The summed E-state index contributed by atoms with van der Waals surface area (Å²) in [6.45, 7) is 35.4. The Hall–Kier alpha value is -8.94. The van der Waals surface area contributed by atoms with Gasteiger partial charge in [-0.2, -0.15) is 0 Å². The van der Waals surface area contributed by atoms with Crippen molar-refractivity contribution in [2.75, 3.05) is 0 Å². The standard InChI is InChI=1S/C66H66N6O6/c1-61(2,3)73-55-31-43-19-21-45-33-56(74-62(4,5)6)35-47(68-45)23-25-49-37-58(76-64(10,11)12)39-51(70-49)27-29-53-41-60(78-66(16,17)18)42-54(72-53)30-28-52-40-59(77-65(13,14)15)38-50(71-52)26-24-48-36-57(75-63(7,8)9)34-46(69-48)22-20-44(32-55)67-43/h31-42H,1-18H3. The van der Waals surface area contributed by atoms with Crippen molar-refractivity contribution in [1.82, 2.24) is 29.9 Å². The molecule has 12 heteroatoms. The first-order valence-corrected chi connectivity index (χ1v) is 25.6. The molecule has 7 heterocycles. The maximum Gasteiger partial charge on any atom is 0.125 e. The van der Waals surface area contributed by atoms with Crippen LogP contribution in [-0.4, -0.2) is 63.5 Å². The fourth-order valence-corrected chi connectivity index (χ4v) is 7.04. The monoisotopic (exact) mass is 1040 g/mol. The number of hydrogen-bond donors (Lipinski definition) is 0. The van der Waals surface area contributed by atoms with Gasteiger partial charge in [0, 0.05) is 72.8 Å². The number of fused-ring (bicyclic) bond motifs is 12. The molecule has 0 saturated carbocycles. The van der Waals surface area contributed by atoms with Gasteiger partial charge in [-0.15, -0.1) is 0 Å². The van der Waals surface area contributed by atoms with Crippen molar-refractivity contribution >= 4 is 66.2 Å². The Kier molecular flexibility index (Phi) is 16.3. The molecular weight excluding hydrogens is 973 g/mol. The summed E-state index contributed by atoms with van der Waals surface area (Å²) in [7, 11) is 0. The fraction of sp³-hybridized carbons (Fsp3) is 0.364. The number of hydrogen-bond acceptors (Lipinski definition) is 12. The van der Waals surface area contributed by atoms with E-state index in [2.05, 4.69) is 72.8 Å². The predicted molar refractivity (Wildman–Crippen MR) is 306 cm³/mol. The molecule has 12 bridgehead atoms. The van der Waals surface area contributed by atoms with Gasteiger partial charge in [-0.05, 0) is 197 Å². The third-order valence-corrected chi connectivity index (χ3v) is 9.25. The van der Waals surface area contributed by atoms with Gasteiger partial charge >= 0.3 is 0 Å². The maximum absolute atomic E-state index is 6.34. The van der Waals surface area contributed by atoms with Crippen molar-refractivity contribution in [2.24, 2.45) is 0 Å². The van der Waals surface area contributed by atoms with Gasteiger partial charge < -0.3 is 28.4 Å². The number of rotatable bonds is 6. The molecule has 0 spiro atoms. The first-order chi connectivity index (χ1) is 36.2. The van der Waals surface area contributed by atoms with E-state index in [-0.39, 0.29) is 0 Å². The van der Waals surface area contributed by atoms with Gasteiger partial charge in [0.15, 0.2) is 0 Å². The van der Waals surface area contributed by atoms with E-state index in [0.29, 0.717) is 101 Å². The Bertz CT molecular complexity index is 2870. The van der Waals surface area contributed by atoms with Crippen LogP contribution >= 0.6 is 0 Å². The summed E-state index contributed by atoms with van der Waals surface area (Å²) in [5.74, 6) is 3.15. The van der Waals surface area contributed by atoms with Crippen molar-refractivity contribution < 1.29 is 28.4 Å². The van der Waals surface area contributed by atoms with Crippen molar-refractivity contribution in [3.63, 3.8) is 0 Å². The summed E-state index contributed by atoms with van der Waals surface area (Å²) in [5.41, 5.74) is 1.48. The zero-order chi connectivity index (χ0) is 56.8. The Morgan fingerprint density at radius 1 is 0.192 bits per heavy atom. The predicted octanol–water partition coefficient (Wildman–Crippen LogP) is 14.7. The molecule has 7 aromatic rings. The maximum atomic E-state index is 6.34. The zero-order valence-corrected chi connectivity index (χ0v) is 48.1. The fourth-order valence-electron chi connectivity index (χ4n) is 7.04. The van der Waals surface area contributed by atoms with Gasteiger partial charge in [0.2, 0.25) is 0 Å². The minimum absolute atomic E-state index is 0.393. The molecule has 0 fully saturated rings. The normalized spacial score (nSPS) is 11.6. The SMILES string of the molecule is CC(C)(C)Oc1cc2c#cc3cc(OC(C)(C)C)cc(c#cc4cc(OC(C)(C)C)cc(c#cc5cc(OC(C)(C)C)cc(c#cc6cc(OC(C)(C)C)cc(c#cc7cc(OC(C)(C)C)cc(c#cc(c1)n2)n7)n6)n5)n4)n3. The molecule has 12 nitrogen and oxygen atoms in total. The van der Waals surface area contributed by atoms with E-state index in [1.54, 1.807) is 72.8 Å². The van der Waals surface area contributed by atoms with Crippen molar-refractivity contribution in [3.05, 3.63) is 146 Å². The van der Waals surface area contributed by atoms with Gasteiger partial charge in [0.05, 0.1) is 0 Å². The van der Waals surface area contributed by atoms with Crippen LogP contribution in [0.15, 0.2) is 72.8 Å². The largest absolute Gasteiger partial charge is 0.488 e. The smallest absolute Gasteiger partial charge is 0.125 e. The van der Waals surface area contributed by atoms with Crippen LogP contribution < -0.4 is 28.4 Å². The van der Waals surface area contributed by atoms with Crippen LogP contribution in [-0.2, 0) is 0 Å². The van der Waals surface area contributed by atoms with Crippen LogP contribution in [0.3, 0.4) is 0 Å². The molecule has 0 aromatic carbocycles. The van der Waals surface area contributed by atoms with E-state index >= 15 is 0 Å². The lowest BCUT2D eigenvalue weighted by Crippen LogP contribution is -2.22. The molecule has 7 rings (SSSR count). The van der Waals surface area contributed by atoms with Gasteiger partial charge in [0.25, 0.3) is 0 Å². The number of aromatic nitrogens is 6. The van der Waals surface area contributed by atoms with Crippen molar-refractivity contribution in [1.29, 1.82) is 0 Å². The first kappa shape index (κ1) is 56.8. The Morgan fingerprint density at radius 2 is 0.282 bits per heavy atom. The van der Waals surface area contributed by atoms with Gasteiger partial charge in [-0.1, -0.05) is 0 Å². The quantitative estimate of drug-likeness (QED) is 0.157. The van der Waals surface area contributed by atoms with Gasteiger partial charge in [-0.3, -0.25) is 0 Å². The molecule has 0 radical (unpaired) electrons. The molecule has 0 atom stereocenters. The van der Waals surface area contributed by atoms with Crippen LogP contribution in [0.4, 0.5) is 0 Å². The third-order valence-electron chi connectivity index (χ3n) is 9.25. The second-order valence-electron chi connectivity index (χ2n) is 24.2. The molecule has 0 amide bonds. The second-order valence-corrected chi connectivity index (χ2v) is 24.2. The number of pyridine rings is 6. The van der Waals surface area contributed by atoms with Crippen LogP contribution in [0, 0.1) is 72.8 Å². The average Bonchev–Trinajstić information content (AvgIpc) is 3.26. The van der Waals surface area contributed by atoms with Crippen LogP contribution in [0.5, 0.6) is 34.5 Å². The molecular formula is C66H66N6O6. The van der Waals surface area contributed by atoms with Gasteiger partial charge in [-0.25, -0.2) is 29.9 Å². The minimum atomic E-state index is -0.539. The second kappa shape index (κ2) is 22.3. The molecule has 396 valence electrons. The topological polar surface area (TPSA) is 133 Å². The van der Waals surface area contributed by atoms with E-state index in [0.717, 1.165) is 0 Å². The number of ether oxygens (including phenoxy) is 6. The summed E-state index contributed by atoms with van der Waals surface area (Å²) in [6, 6.07) is 59.5. The highest BCUT2D eigenvalue weighted by atomic mass is 16.5. The lowest BCUT2D eigenvalue weighted by molar-refractivity contribution is 0.130. The summed E-state index contributed by atoms with van der Waals surface area (Å²) in [5, 5.41) is 0. The summed E-state index contributed by atoms with van der Waals surface area (Å²) < 4.78 is 38.0. The molecule has 0 aliphatic rings. The first-order valence-electron chi connectivity index (χ1n) is 25.6. The molecule has 0 N–H and O–H groups in total. The molecule has 0 aliphatic heterocycles. The Morgan fingerprint density at radius 3 is 0.359 bits per heavy atom. The van der Waals surface area contributed by atoms with E-state index in [9.17, 15) is 0 Å². The van der Waals surface area contributed by atoms with Crippen LogP contribution in [0.1, 0.15) is 125 Å². The molecule has 7 aromatic heterocycles. The highest BCUT2D eigenvalue weighted by Gasteiger charge is 2.17. The summed E-state index contributed by atoms with van der Waals surface area (Å²) >= 11 is 0. The molecule has 0 unspecified atom stereocenters. The third kappa shape index (κ3) is 19.3. The lowest BCUT2D eigenvalue weighted by atomic mass is 10.2. The molecule has 78 heavy (non-hydrogen) atoms. The molecule has 0 saturated heterocycles. The Balaban J connectivity index is 1.59. The van der Waals surface area contributed by atoms with E-state index in [4.69, 9.17) is 58.3 Å². The highest BCUT2D eigenvalue weighted by molar-refractivity contribution is 5.65. The zero-order valence-electron chi connectivity index (χ0n) is 48.1. The highest BCUT2D eigenvalue weighted by Crippen LogP contribution is 2.26. The number of nitrogens with zero attached hydrogens (tertiary/aromatic N) is 6. The summed E-state index contributed by atoms with van der Waals surface area (Å²) in [6.07, 6.45) is 0. The average molecular weight is 1040 g/mol. The van der Waals surface area contributed by atoms with Crippen LogP contribution in [0.25, 0.3) is 66.2 Å². The van der Waals surface area contributed by atoms with Crippen molar-refractivity contribution in [3.8, 4) is 34.5 Å². The lowest BCUT2D eigenvalue weighted by Gasteiger charge is -2.21. The van der Waals surface area contributed by atoms with E-state index in [1.165, 1.54) is 0 Å². The van der Waals surface area contributed by atoms with Gasteiger partial charge in [0.1, 0.15) is 134 Å². The van der Waals surface area contributed by atoms with E-state index < -0.39 is 33.6 Å². The Labute approximate surface area is 460 Å². The summed E-state index contributed by atoms with van der Waals surface area (Å²) in [4.78, 5) is 29.0. The van der Waals surface area contributed by atoms with E-state index in [1.807, 2.05) is 125 Å².